The van der Waals surface area contributed by atoms with Crippen molar-refractivity contribution in [2.75, 3.05) is 4.81 Å². The van der Waals surface area contributed by atoms with Gasteiger partial charge in [0, 0.05) is 11.5 Å². The molecule has 1 aromatic heterocycles. The lowest BCUT2D eigenvalue weighted by atomic mass is 10.1. The summed E-state index contributed by atoms with van der Waals surface area (Å²) in [5.74, 6) is -0.0308. The molecular formula is C3H5B2N3OS. The maximum Gasteiger partial charge on any atom is 0.229 e. The zero-order valence-corrected chi connectivity index (χ0v) is 6.55. The van der Waals surface area contributed by atoms with Gasteiger partial charge < -0.3 is 4.81 Å². The summed E-state index contributed by atoms with van der Waals surface area (Å²) in [6.45, 7) is 0. The molecule has 0 aromatic carbocycles. The van der Waals surface area contributed by atoms with Gasteiger partial charge in [-0.25, -0.2) is 4.98 Å². The lowest BCUT2D eigenvalue weighted by molar-refractivity contribution is 0.266. The minimum Gasteiger partial charge on any atom is -0.350 e. The molecule has 0 bridgehead atoms. The highest BCUT2D eigenvalue weighted by Crippen LogP contribution is 2.10. The van der Waals surface area contributed by atoms with E-state index in [2.05, 4.69) is 9.36 Å². The van der Waals surface area contributed by atoms with Gasteiger partial charge in [-0.2, -0.15) is 4.37 Å². The third kappa shape index (κ3) is 1.35. The molecule has 1 aromatic rings. The van der Waals surface area contributed by atoms with Crippen LogP contribution in [0.5, 0.6) is 0 Å². The van der Waals surface area contributed by atoms with Gasteiger partial charge in [0.25, 0.3) is 0 Å². The zero-order valence-electron chi connectivity index (χ0n) is 5.74. The quantitative estimate of drug-likeness (QED) is 0.468. The molecule has 7 heteroatoms. The number of nitrogens with zero attached hydrogens (tertiary/aromatic N) is 3. The predicted octanol–water partition coefficient (Wildman–Crippen LogP) is -1.35. The molecule has 4 nitrogen and oxygen atoms in total. The van der Waals surface area contributed by atoms with Crippen molar-refractivity contribution in [3.8, 4) is 0 Å². The highest BCUT2D eigenvalue weighted by atomic mass is 32.1. The lowest BCUT2D eigenvalue weighted by Crippen LogP contribution is -2.25. The smallest absolute Gasteiger partial charge is 0.229 e. The Hall–Kier alpha value is -0.840. The zero-order chi connectivity index (χ0) is 7.56. The molecule has 1 heterocycles. The average molecular weight is 153 g/mol. The van der Waals surface area contributed by atoms with E-state index in [4.69, 9.17) is 0 Å². The monoisotopic (exact) mass is 153 g/mol. The minimum absolute atomic E-state index is 0.0308. The second-order valence-electron chi connectivity index (χ2n) is 1.80. The van der Waals surface area contributed by atoms with Crippen molar-refractivity contribution in [1.29, 1.82) is 0 Å². The van der Waals surface area contributed by atoms with Crippen LogP contribution in [0.3, 0.4) is 0 Å². The molecule has 0 saturated heterocycles. The van der Waals surface area contributed by atoms with Crippen LogP contribution in [0.4, 0.5) is 9.93 Å². The molecule has 0 aliphatic rings. The van der Waals surface area contributed by atoms with Crippen LogP contribution in [0.25, 0.3) is 0 Å². The van der Waals surface area contributed by atoms with Crippen molar-refractivity contribution in [2.45, 2.75) is 0 Å². The van der Waals surface area contributed by atoms with E-state index < -0.39 is 0 Å². The van der Waals surface area contributed by atoms with E-state index in [9.17, 15) is 4.79 Å². The van der Waals surface area contributed by atoms with Crippen LogP contribution in [0.15, 0.2) is 6.33 Å². The van der Waals surface area contributed by atoms with Crippen molar-refractivity contribution < 1.29 is 4.79 Å². The second kappa shape index (κ2) is 2.83. The van der Waals surface area contributed by atoms with Crippen LogP contribution in [0.1, 0.15) is 0 Å². The number of amides is 1. The van der Waals surface area contributed by atoms with Gasteiger partial charge in [0.15, 0.2) is 10.9 Å². The van der Waals surface area contributed by atoms with Gasteiger partial charge in [-0.05, 0) is 0 Å². The molecule has 0 atom stereocenters. The van der Waals surface area contributed by atoms with Gasteiger partial charge in [0.1, 0.15) is 6.33 Å². The molecular weight excluding hydrogens is 148 g/mol. The fourth-order valence-electron chi connectivity index (χ4n) is 0.450. The Morgan fingerprint density at radius 2 is 2.50 bits per heavy atom. The van der Waals surface area contributed by atoms with E-state index in [1.165, 1.54) is 30.5 Å². The molecule has 0 aliphatic carbocycles. The number of hydrogen-bond donors (Lipinski definition) is 0. The first-order valence-electron chi connectivity index (χ1n) is 2.73. The minimum atomic E-state index is -0.0308. The molecule has 50 valence electrons. The summed E-state index contributed by atoms with van der Waals surface area (Å²) in [6, 6.07) is 0. The molecule has 0 aliphatic heterocycles. The van der Waals surface area contributed by atoms with Crippen LogP contribution < -0.4 is 4.81 Å². The first kappa shape index (κ1) is 7.27. The van der Waals surface area contributed by atoms with E-state index in [0.29, 0.717) is 5.13 Å². The summed E-state index contributed by atoms with van der Waals surface area (Å²) in [6.07, 6.45) is 1.43. The summed E-state index contributed by atoms with van der Waals surface area (Å²) >= 11 is 1.20. The third-order valence-electron chi connectivity index (χ3n) is 1.11. The highest BCUT2D eigenvalue weighted by molar-refractivity contribution is 7.10. The van der Waals surface area contributed by atoms with Gasteiger partial charge in [-0.15, -0.1) is 0 Å². The van der Waals surface area contributed by atoms with E-state index in [1.807, 2.05) is 0 Å². The maximum absolute atomic E-state index is 10.7. The number of aromatic nitrogens is 2. The van der Waals surface area contributed by atoms with Gasteiger partial charge in [0.05, 0.1) is 0 Å². The Bertz CT molecular complexity index is 226. The largest absolute Gasteiger partial charge is 0.350 e. The van der Waals surface area contributed by atoms with Gasteiger partial charge in [-0.3, -0.25) is 4.79 Å². The summed E-state index contributed by atoms with van der Waals surface area (Å²) in [5.41, 5.74) is 0. The number of carbonyl (C=O) groups is 1. The van der Waals surface area contributed by atoms with Crippen molar-refractivity contribution >= 4 is 38.3 Å². The topological polar surface area (TPSA) is 46.1 Å². The maximum atomic E-state index is 10.7. The Morgan fingerprint density at radius 3 is 2.90 bits per heavy atom. The molecule has 10 heavy (non-hydrogen) atoms. The Kier molecular flexibility index (Phi) is 2.06. The molecule has 0 fully saturated rings. The number of rotatable bonds is 1. The molecule has 0 N–H and O–H groups in total. The van der Waals surface area contributed by atoms with Crippen LogP contribution in [-0.4, -0.2) is 31.0 Å². The summed E-state index contributed by atoms with van der Waals surface area (Å²) in [4.78, 5) is 16.0. The number of hydrogen-bond acceptors (Lipinski definition) is 4. The Labute approximate surface area is 64.3 Å². The Balaban J connectivity index is 2.77. The average Bonchev–Trinajstić information content (AvgIpc) is 2.36. The molecule has 0 radical (unpaired) electrons. The first-order chi connectivity index (χ1) is 4.72. The normalized spacial score (nSPS) is 9.20. The SMILES string of the molecule is BC(=O)N(B)c1ncns1. The fourth-order valence-corrected chi connectivity index (χ4v) is 0.984. The van der Waals surface area contributed by atoms with Crippen LogP contribution in [0, 0.1) is 0 Å². The first-order valence-corrected chi connectivity index (χ1v) is 3.50. The fraction of sp³-hybridized carbons (Fsp3) is 0. The molecule has 1 amide bonds. The van der Waals surface area contributed by atoms with E-state index in [1.54, 1.807) is 7.98 Å². The molecule has 0 unspecified atom stereocenters. The summed E-state index contributed by atoms with van der Waals surface area (Å²) in [7, 11) is 3.16. The number of anilines is 1. The van der Waals surface area contributed by atoms with E-state index >= 15 is 0 Å². The van der Waals surface area contributed by atoms with Gasteiger partial charge >= 0.3 is 0 Å². The van der Waals surface area contributed by atoms with Gasteiger partial charge in [-0.1, -0.05) is 0 Å². The van der Waals surface area contributed by atoms with Crippen LogP contribution in [0.2, 0.25) is 0 Å². The van der Waals surface area contributed by atoms with Crippen molar-refractivity contribution in [3.63, 3.8) is 0 Å². The van der Waals surface area contributed by atoms with E-state index in [-0.39, 0.29) is 5.81 Å². The molecule has 0 spiro atoms. The van der Waals surface area contributed by atoms with Crippen LogP contribution in [-0.2, 0) is 0 Å². The Morgan fingerprint density at radius 1 is 1.80 bits per heavy atom. The second-order valence-corrected chi connectivity index (χ2v) is 2.56. The summed E-state index contributed by atoms with van der Waals surface area (Å²) < 4.78 is 3.76. The van der Waals surface area contributed by atoms with Crippen molar-refractivity contribution in [1.82, 2.24) is 9.36 Å². The number of carbonyl (C=O) groups excluding carboxylic acids is 1. The molecule has 1 rings (SSSR count). The highest BCUT2D eigenvalue weighted by Gasteiger charge is 2.06. The molecule has 0 saturated carbocycles. The summed E-state index contributed by atoms with van der Waals surface area (Å²) in [5, 5.41) is 0.632. The van der Waals surface area contributed by atoms with E-state index in [0.717, 1.165) is 0 Å². The predicted molar refractivity (Wildman–Crippen MR) is 44.9 cm³/mol. The van der Waals surface area contributed by atoms with Gasteiger partial charge in [0.2, 0.25) is 15.8 Å². The lowest BCUT2D eigenvalue weighted by Gasteiger charge is -2.09. The third-order valence-corrected chi connectivity index (χ3v) is 1.85. The van der Waals surface area contributed by atoms with Crippen molar-refractivity contribution in [2.24, 2.45) is 0 Å². The standard InChI is InChI=1S/C3H5B2N3OS/c4-2(9)8(5)3-6-1-7-10-3/h1H,4-5H2. The van der Waals surface area contributed by atoms with Crippen LogP contribution >= 0.6 is 11.5 Å². The van der Waals surface area contributed by atoms with Crippen molar-refractivity contribution in [3.05, 3.63) is 6.33 Å².